The molecule has 2 aromatic heterocycles. The van der Waals surface area contributed by atoms with Crippen LogP contribution in [0.3, 0.4) is 0 Å². The summed E-state index contributed by atoms with van der Waals surface area (Å²) in [5.74, 6) is 0.195. The fourth-order valence-electron chi connectivity index (χ4n) is 3.95. The molecular weight excluding hydrogens is 466 g/mol. The Morgan fingerprint density at radius 1 is 1.17 bits per heavy atom. The standard InChI is InChI=1S/C26H36ClN5O3/c1-17(2)23(28-13-10-14-29-24(33)35-26(4,5)6)21-15-20-22(27)18(3)30-32(20)25(34)31(21)16-19-11-8-7-9-12-19/h7-9,11-12,15,17,23,28H,10,13-14,16H2,1-6H3,(H,29,33). The van der Waals surface area contributed by atoms with Crippen LogP contribution >= 0.6 is 11.6 Å². The molecule has 3 rings (SSSR count). The van der Waals surface area contributed by atoms with Crippen LogP contribution in [0.4, 0.5) is 4.79 Å². The minimum Gasteiger partial charge on any atom is -0.444 e. The van der Waals surface area contributed by atoms with Crippen molar-refractivity contribution in [2.45, 2.75) is 66.2 Å². The summed E-state index contributed by atoms with van der Waals surface area (Å²) in [4.78, 5) is 25.4. The summed E-state index contributed by atoms with van der Waals surface area (Å²) < 4.78 is 8.43. The molecule has 8 nitrogen and oxygen atoms in total. The van der Waals surface area contributed by atoms with Gasteiger partial charge in [0.25, 0.3) is 0 Å². The summed E-state index contributed by atoms with van der Waals surface area (Å²) in [6.07, 6.45) is 0.283. The molecule has 1 amide bonds. The predicted octanol–water partition coefficient (Wildman–Crippen LogP) is 4.71. The van der Waals surface area contributed by atoms with E-state index in [1.54, 1.807) is 11.5 Å². The molecule has 1 unspecified atom stereocenters. The number of aromatic nitrogens is 3. The lowest BCUT2D eigenvalue weighted by Crippen LogP contribution is -2.37. The van der Waals surface area contributed by atoms with Crippen LogP contribution in [-0.2, 0) is 11.3 Å². The minimum absolute atomic E-state index is 0.107. The molecule has 9 heteroatoms. The smallest absolute Gasteiger partial charge is 0.407 e. The van der Waals surface area contributed by atoms with Crippen LogP contribution in [0.15, 0.2) is 41.2 Å². The Labute approximate surface area is 211 Å². The number of carbonyl (C=O) groups is 1. The number of rotatable bonds is 9. The molecule has 0 saturated carbocycles. The quantitative estimate of drug-likeness (QED) is 0.414. The molecule has 2 N–H and O–H groups in total. The monoisotopic (exact) mass is 501 g/mol. The van der Waals surface area contributed by atoms with Gasteiger partial charge in [-0.15, -0.1) is 0 Å². The number of fused-ring (bicyclic) bond motifs is 1. The summed E-state index contributed by atoms with van der Waals surface area (Å²) in [5, 5.41) is 11.2. The van der Waals surface area contributed by atoms with Crippen molar-refractivity contribution in [2.75, 3.05) is 13.1 Å². The molecule has 0 saturated heterocycles. The number of ether oxygens (including phenoxy) is 1. The molecule has 0 bridgehead atoms. The van der Waals surface area contributed by atoms with Crippen molar-refractivity contribution in [3.63, 3.8) is 0 Å². The molecule has 0 aliphatic carbocycles. The molecule has 35 heavy (non-hydrogen) atoms. The summed E-state index contributed by atoms with van der Waals surface area (Å²) in [7, 11) is 0. The molecule has 0 spiro atoms. The summed E-state index contributed by atoms with van der Waals surface area (Å²) in [5.41, 5.74) is 2.34. The zero-order valence-electron chi connectivity index (χ0n) is 21.4. The van der Waals surface area contributed by atoms with Crippen molar-refractivity contribution >= 4 is 23.2 Å². The van der Waals surface area contributed by atoms with Gasteiger partial charge in [0.2, 0.25) is 0 Å². The summed E-state index contributed by atoms with van der Waals surface area (Å²) >= 11 is 6.50. The highest BCUT2D eigenvalue weighted by atomic mass is 35.5. The third-order valence-electron chi connectivity index (χ3n) is 5.58. The van der Waals surface area contributed by atoms with Crippen LogP contribution in [0.1, 0.15) is 64.0 Å². The number of halogens is 1. The Hall–Kier alpha value is -2.84. The van der Waals surface area contributed by atoms with Gasteiger partial charge in [-0.3, -0.25) is 4.57 Å². The Balaban J connectivity index is 1.84. The average Bonchev–Trinajstić information content (AvgIpc) is 3.06. The molecule has 0 radical (unpaired) electrons. The van der Waals surface area contributed by atoms with E-state index in [2.05, 4.69) is 29.6 Å². The fraction of sp³-hybridized carbons (Fsp3) is 0.500. The van der Waals surface area contributed by atoms with Crippen molar-refractivity contribution in [3.05, 3.63) is 68.9 Å². The molecule has 0 aliphatic heterocycles. The fourth-order valence-corrected chi connectivity index (χ4v) is 4.13. The third kappa shape index (κ3) is 6.86. The van der Waals surface area contributed by atoms with E-state index in [0.29, 0.717) is 42.3 Å². The Morgan fingerprint density at radius 3 is 2.49 bits per heavy atom. The second-order valence-electron chi connectivity index (χ2n) is 10.1. The van der Waals surface area contributed by atoms with Gasteiger partial charge in [-0.05, 0) is 58.2 Å². The Kier molecular flexibility index (Phi) is 8.61. The molecule has 1 aromatic carbocycles. The van der Waals surface area contributed by atoms with E-state index < -0.39 is 11.7 Å². The van der Waals surface area contributed by atoms with Crippen molar-refractivity contribution < 1.29 is 9.53 Å². The molecular formula is C26H36ClN5O3. The highest BCUT2D eigenvalue weighted by Gasteiger charge is 2.23. The first-order valence-electron chi connectivity index (χ1n) is 12.0. The first-order chi connectivity index (χ1) is 16.5. The van der Waals surface area contributed by atoms with Crippen LogP contribution in [-0.4, -0.2) is 39.0 Å². The topological polar surface area (TPSA) is 89.7 Å². The first kappa shape index (κ1) is 26.8. The van der Waals surface area contributed by atoms with Gasteiger partial charge in [-0.25, -0.2) is 9.59 Å². The van der Waals surface area contributed by atoms with Crippen LogP contribution in [0, 0.1) is 12.8 Å². The highest BCUT2D eigenvalue weighted by molar-refractivity contribution is 6.34. The van der Waals surface area contributed by atoms with Crippen molar-refractivity contribution in [1.82, 2.24) is 24.8 Å². The predicted molar refractivity (Wildman–Crippen MR) is 139 cm³/mol. The van der Waals surface area contributed by atoms with Gasteiger partial charge in [0.1, 0.15) is 5.60 Å². The van der Waals surface area contributed by atoms with Gasteiger partial charge >= 0.3 is 11.8 Å². The van der Waals surface area contributed by atoms with E-state index in [0.717, 1.165) is 11.3 Å². The number of alkyl carbamates (subject to hydrolysis) is 1. The lowest BCUT2D eigenvalue weighted by atomic mass is 9.99. The molecule has 190 valence electrons. The lowest BCUT2D eigenvalue weighted by Gasteiger charge is -2.26. The first-order valence-corrected chi connectivity index (χ1v) is 12.4. The lowest BCUT2D eigenvalue weighted by molar-refractivity contribution is 0.0527. The molecule has 0 fully saturated rings. The molecule has 2 heterocycles. The number of benzene rings is 1. The maximum absolute atomic E-state index is 13.5. The van der Waals surface area contributed by atoms with E-state index in [1.807, 2.05) is 57.2 Å². The second kappa shape index (κ2) is 11.3. The molecule has 1 atom stereocenters. The number of aryl methyl sites for hydroxylation is 1. The zero-order chi connectivity index (χ0) is 25.8. The van der Waals surface area contributed by atoms with Gasteiger partial charge in [0.05, 0.1) is 28.8 Å². The number of nitrogens with zero attached hydrogens (tertiary/aromatic N) is 3. The number of carbonyl (C=O) groups excluding carboxylic acids is 1. The third-order valence-corrected chi connectivity index (χ3v) is 6.05. The van der Waals surface area contributed by atoms with Gasteiger partial charge < -0.3 is 15.4 Å². The Morgan fingerprint density at radius 2 is 1.86 bits per heavy atom. The van der Waals surface area contributed by atoms with Crippen LogP contribution in [0.25, 0.3) is 5.52 Å². The summed E-state index contributed by atoms with van der Waals surface area (Å²) in [6, 6.07) is 11.7. The van der Waals surface area contributed by atoms with Crippen molar-refractivity contribution in [1.29, 1.82) is 0 Å². The SMILES string of the molecule is Cc1nn2c(=O)n(Cc3ccccc3)c(C(NCCCNC(=O)OC(C)(C)C)C(C)C)cc2c1Cl. The van der Waals surface area contributed by atoms with Gasteiger partial charge in [0.15, 0.2) is 0 Å². The van der Waals surface area contributed by atoms with Crippen molar-refractivity contribution in [3.8, 4) is 0 Å². The van der Waals surface area contributed by atoms with Crippen LogP contribution < -0.4 is 16.3 Å². The highest BCUT2D eigenvalue weighted by Crippen LogP contribution is 2.27. The minimum atomic E-state index is -0.528. The normalized spacial score (nSPS) is 12.8. The van der Waals surface area contributed by atoms with E-state index >= 15 is 0 Å². The van der Waals surface area contributed by atoms with E-state index in [1.165, 1.54) is 4.52 Å². The molecule has 0 aliphatic rings. The van der Waals surface area contributed by atoms with Gasteiger partial charge in [-0.2, -0.15) is 9.61 Å². The van der Waals surface area contributed by atoms with Crippen molar-refractivity contribution in [2.24, 2.45) is 5.92 Å². The Bertz CT molecular complexity index is 1210. The van der Waals surface area contributed by atoms with E-state index in [9.17, 15) is 9.59 Å². The summed E-state index contributed by atoms with van der Waals surface area (Å²) in [6.45, 7) is 13.1. The van der Waals surface area contributed by atoms with E-state index in [-0.39, 0.29) is 17.6 Å². The number of hydrogen-bond acceptors (Lipinski definition) is 5. The average molecular weight is 502 g/mol. The van der Waals surface area contributed by atoms with Crippen LogP contribution in [0.5, 0.6) is 0 Å². The number of nitrogens with one attached hydrogen (secondary N) is 2. The largest absolute Gasteiger partial charge is 0.444 e. The number of amides is 1. The maximum Gasteiger partial charge on any atom is 0.407 e. The maximum atomic E-state index is 13.5. The van der Waals surface area contributed by atoms with Crippen LogP contribution in [0.2, 0.25) is 5.02 Å². The number of hydrogen-bond donors (Lipinski definition) is 2. The second-order valence-corrected chi connectivity index (χ2v) is 10.5. The molecule has 3 aromatic rings. The van der Waals surface area contributed by atoms with Gasteiger partial charge in [-0.1, -0.05) is 55.8 Å². The van der Waals surface area contributed by atoms with Gasteiger partial charge in [0, 0.05) is 12.2 Å². The zero-order valence-corrected chi connectivity index (χ0v) is 22.1. The van der Waals surface area contributed by atoms with E-state index in [4.69, 9.17) is 16.3 Å².